The first-order chi connectivity index (χ1) is 23.1. The monoisotopic (exact) mass is 642 g/mol. The highest BCUT2D eigenvalue weighted by Gasteiger charge is 2.36. The zero-order valence-electron chi connectivity index (χ0n) is 28.3. The number of pyridine rings is 1. The number of fused-ring (bicyclic) bond motifs is 4. The number of aromatic nitrogens is 1. The highest BCUT2D eigenvalue weighted by molar-refractivity contribution is 6.07. The Kier molecular flexibility index (Phi) is 8.71. The molecule has 2 unspecified atom stereocenters. The van der Waals surface area contributed by atoms with Gasteiger partial charge >= 0.3 is 0 Å². The molecular formula is C41H46N4O3. The predicted molar refractivity (Wildman–Crippen MR) is 192 cm³/mol. The molecule has 4 heterocycles. The number of amides is 2. The lowest BCUT2D eigenvalue weighted by Crippen LogP contribution is -2.47. The molecule has 7 nitrogen and oxygen atoms in total. The van der Waals surface area contributed by atoms with Gasteiger partial charge in [-0.25, -0.2) is 0 Å². The molecule has 2 bridgehead atoms. The summed E-state index contributed by atoms with van der Waals surface area (Å²) < 4.78 is 1.94. The summed E-state index contributed by atoms with van der Waals surface area (Å²) in [6, 6.07) is 29.8. The zero-order valence-corrected chi connectivity index (χ0v) is 28.3. The summed E-state index contributed by atoms with van der Waals surface area (Å²) in [5.41, 5.74) is 6.38. The minimum atomic E-state index is -0.197. The van der Waals surface area contributed by atoms with Gasteiger partial charge in [0.05, 0.1) is 11.4 Å². The molecule has 2 atom stereocenters. The van der Waals surface area contributed by atoms with Crippen LogP contribution >= 0.6 is 0 Å². The second kappa shape index (κ2) is 13.1. The number of likely N-dealkylation sites (tertiary alicyclic amines) is 1. The maximum Gasteiger partial charge on any atom is 0.255 e. The molecule has 2 amide bonds. The van der Waals surface area contributed by atoms with Gasteiger partial charge in [-0.1, -0.05) is 69.3 Å². The molecule has 48 heavy (non-hydrogen) atoms. The lowest BCUT2D eigenvalue weighted by atomic mass is 9.83. The van der Waals surface area contributed by atoms with E-state index in [0.29, 0.717) is 35.2 Å². The van der Waals surface area contributed by atoms with Gasteiger partial charge < -0.3 is 19.7 Å². The topological polar surface area (TPSA) is 74.7 Å². The van der Waals surface area contributed by atoms with E-state index in [4.69, 9.17) is 0 Å². The molecule has 7 heteroatoms. The van der Waals surface area contributed by atoms with Crippen molar-refractivity contribution in [2.45, 2.75) is 64.3 Å². The number of piperidine rings is 2. The van der Waals surface area contributed by atoms with Crippen molar-refractivity contribution in [3.63, 3.8) is 0 Å². The van der Waals surface area contributed by atoms with Crippen molar-refractivity contribution in [2.75, 3.05) is 36.4 Å². The summed E-state index contributed by atoms with van der Waals surface area (Å²) in [6.45, 7) is 10.2. The van der Waals surface area contributed by atoms with Crippen LogP contribution in [0.1, 0.15) is 83.5 Å². The smallest absolute Gasteiger partial charge is 0.255 e. The average Bonchev–Trinajstić information content (AvgIpc) is 3.09. The Bertz CT molecular complexity index is 1850. The van der Waals surface area contributed by atoms with Crippen molar-refractivity contribution in [1.82, 2.24) is 9.47 Å². The van der Waals surface area contributed by atoms with Crippen LogP contribution in [-0.2, 0) is 18.4 Å². The van der Waals surface area contributed by atoms with E-state index in [1.54, 1.807) is 6.07 Å². The fraction of sp³-hybridized carbons (Fsp3) is 0.390. The summed E-state index contributed by atoms with van der Waals surface area (Å²) >= 11 is 0. The molecule has 3 aromatic carbocycles. The maximum atomic E-state index is 13.9. The molecule has 248 valence electrons. The number of carbonyl (C=O) groups is 2. The van der Waals surface area contributed by atoms with Crippen LogP contribution in [0.5, 0.6) is 0 Å². The normalized spacial score (nSPS) is 19.5. The van der Waals surface area contributed by atoms with Gasteiger partial charge in [0, 0.05) is 61.5 Å². The molecule has 2 saturated heterocycles. The third kappa shape index (κ3) is 6.69. The molecular weight excluding hydrogens is 596 g/mol. The molecule has 0 aliphatic carbocycles. The highest BCUT2D eigenvalue weighted by atomic mass is 16.2. The van der Waals surface area contributed by atoms with Crippen LogP contribution in [0.2, 0.25) is 0 Å². The Balaban J connectivity index is 1.13. The zero-order chi connectivity index (χ0) is 33.4. The van der Waals surface area contributed by atoms with Crippen molar-refractivity contribution in [1.29, 1.82) is 0 Å². The van der Waals surface area contributed by atoms with E-state index in [0.717, 1.165) is 63.2 Å². The molecule has 2 fully saturated rings. The van der Waals surface area contributed by atoms with Crippen molar-refractivity contribution in [2.24, 2.45) is 11.8 Å². The predicted octanol–water partition coefficient (Wildman–Crippen LogP) is 7.12. The minimum Gasteiger partial charge on any atom is -0.369 e. The number of rotatable bonds is 6. The summed E-state index contributed by atoms with van der Waals surface area (Å²) in [5.74, 6) is 0.922. The Morgan fingerprint density at radius 3 is 2.27 bits per heavy atom. The first kappa shape index (κ1) is 31.9. The van der Waals surface area contributed by atoms with Gasteiger partial charge in [-0.05, 0) is 90.5 Å². The largest absolute Gasteiger partial charge is 0.369 e. The Hall–Kier alpha value is -4.65. The third-order valence-electron chi connectivity index (χ3n) is 10.6. The number of anilines is 2. The van der Waals surface area contributed by atoms with Crippen molar-refractivity contribution < 1.29 is 9.59 Å². The lowest BCUT2D eigenvalue weighted by molar-refractivity contribution is 0.0690. The van der Waals surface area contributed by atoms with Crippen LogP contribution in [0, 0.1) is 11.8 Å². The molecule has 4 aromatic rings. The van der Waals surface area contributed by atoms with Crippen molar-refractivity contribution >= 4 is 23.2 Å². The number of hydrogen-bond acceptors (Lipinski definition) is 4. The SMILES string of the molecule is CC(C)(C)c1ccc(C(=O)Nc2cc(C(=O)N3CCC(Cc4ccccc4)CC3)ccc2N2CC3CC(C2)c2cccc(=O)n2C3)cc1. The van der Waals surface area contributed by atoms with Gasteiger partial charge in [0.15, 0.2) is 0 Å². The highest BCUT2D eigenvalue weighted by Crippen LogP contribution is 2.40. The fourth-order valence-electron chi connectivity index (χ4n) is 7.92. The van der Waals surface area contributed by atoms with Crippen LogP contribution in [-0.4, -0.2) is 47.5 Å². The van der Waals surface area contributed by atoms with Gasteiger partial charge in [-0.2, -0.15) is 0 Å². The Labute approximate surface area is 283 Å². The van der Waals surface area contributed by atoms with E-state index < -0.39 is 0 Å². The summed E-state index contributed by atoms with van der Waals surface area (Å²) in [7, 11) is 0. The van der Waals surface area contributed by atoms with Crippen LogP contribution < -0.4 is 15.8 Å². The van der Waals surface area contributed by atoms with E-state index >= 15 is 0 Å². The summed E-state index contributed by atoms with van der Waals surface area (Å²) in [5, 5.41) is 3.20. The summed E-state index contributed by atoms with van der Waals surface area (Å²) in [6.07, 6.45) is 4.04. The molecule has 0 saturated carbocycles. The van der Waals surface area contributed by atoms with E-state index in [1.807, 2.05) is 64.1 Å². The number of carbonyl (C=O) groups excluding carboxylic acids is 2. The molecule has 1 aromatic heterocycles. The first-order valence-electron chi connectivity index (χ1n) is 17.5. The number of nitrogens with one attached hydrogen (secondary N) is 1. The molecule has 3 aliphatic rings. The molecule has 0 radical (unpaired) electrons. The number of benzene rings is 3. The van der Waals surface area contributed by atoms with Crippen molar-refractivity contribution in [3.05, 3.63) is 129 Å². The van der Waals surface area contributed by atoms with Crippen LogP contribution in [0.15, 0.2) is 95.8 Å². The molecule has 1 N–H and O–H groups in total. The van der Waals surface area contributed by atoms with Gasteiger partial charge in [0.2, 0.25) is 0 Å². The average molecular weight is 643 g/mol. The van der Waals surface area contributed by atoms with E-state index in [1.165, 1.54) is 11.1 Å². The van der Waals surface area contributed by atoms with Crippen LogP contribution in [0.4, 0.5) is 11.4 Å². The van der Waals surface area contributed by atoms with Gasteiger partial charge in [0.1, 0.15) is 0 Å². The standard InChI is InChI=1S/C41H46N4O3/c1-41(2,3)34-15-12-31(13-16-34)39(47)42-35-24-32(40(48)43-20-18-29(19-21-43)22-28-8-5-4-6-9-28)14-17-37(35)44-25-30-23-33(27-44)36-10-7-11-38(46)45(36)26-30/h4-17,24,29-30,33H,18-23,25-27H2,1-3H3,(H,42,47). The quantitative estimate of drug-likeness (QED) is 0.243. The van der Waals surface area contributed by atoms with Gasteiger partial charge in [-0.3, -0.25) is 14.4 Å². The van der Waals surface area contributed by atoms with E-state index in [2.05, 4.69) is 61.3 Å². The van der Waals surface area contributed by atoms with Crippen LogP contribution in [0.3, 0.4) is 0 Å². The molecule has 7 rings (SSSR count). The van der Waals surface area contributed by atoms with Crippen LogP contribution in [0.25, 0.3) is 0 Å². The second-order valence-electron chi connectivity index (χ2n) is 15.0. The maximum absolute atomic E-state index is 13.9. The van der Waals surface area contributed by atoms with E-state index in [-0.39, 0.29) is 28.7 Å². The Morgan fingerprint density at radius 1 is 0.812 bits per heavy atom. The third-order valence-corrected chi connectivity index (χ3v) is 10.6. The lowest BCUT2D eigenvalue weighted by Gasteiger charge is -2.44. The fourth-order valence-corrected chi connectivity index (χ4v) is 7.92. The van der Waals surface area contributed by atoms with Crippen molar-refractivity contribution in [3.8, 4) is 0 Å². The first-order valence-corrected chi connectivity index (χ1v) is 17.5. The van der Waals surface area contributed by atoms with Gasteiger partial charge in [0.25, 0.3) is 17.4 Å². The number of nitrogens with zero attached hydrogens (tertiary/aromatic N) is 3. The number of hydrogen-bond donors (Lipinski definition) is 1. The summed E-state index contributed by atoms with van der Waals surface area (Å²) in [4.78, 5) is 44.5. The second-order valence-corrected chi connectivity index (χ2v) is 15.0. The Morgan fingerprint density at radius 2 is 1.54 bits per heavy atom. The minimum absolute atomic E-state index is 0.00792. The molecule has 0 spiro atoms. The van der Waals surface area contributed by atoms with Gasteiger partial charge in [-0.15, -0.1) is 0 Å². The van der Waals surface area contributed by atoms with E-state index in [9.17, 15) is 14.4 Å². The molecule has 3 aliphatic heterocycles.